The molecule has 6 nitrogen and oxygen atoms in total. The summed E-state index contributed by atoms with van der Waals surface area (Å²) in [5, 5.41) is 20.3. The summed E-state index contributed by atoms with van der Waals surface area (Å²) >= 11 is 5.96. The lowest BCUT2D eigenvalue weighted by Crippen LogP contribution is -2.17. The van der Waals surface area contributed by atoms with Crippen molar-refractivity contribution in [2.45, 2.75) is 13.0 Å². The Morgan fingerprint density at radius 2 is 2.44 bits per heavy atom. The molecule has 1 heterocycles. The summed E-state index contributed by atoms with van der Waals surface area (Å²) in [5.41, 5.74) is 0.948. The first-order valence-corrected chi connectivity index (χ1v) is 5.71. The number of hydrogen-bond donors (Lipinski definition) is 1. The molecule has 0 spiro atoms. The maximum absolute atomic E-state index is 10.5. The fourth-order valence-corrected chi connectivity index (χ4v) is 2.13. The van der Waals surface area contributed by atoms with Gasteiger partial charge in [0.25, 0.3) is 0 Å². The molecule has 1 aliphatic rings. The van der Waals surface area contributed by atoms with Crippen LogP contribution in [-0.2, 0) is 4.65 Å². The van der Waals surface area contributed by atoms with Crippen molar-refractivity contribution in [1.82, 2.24) is 0 Å². The third kappa shape index (κ3) is 2.23. The molecule has 0 bridgehead atoms. The lowest BCUT2D eigenvalue weighted by Gasteiger charge is -2.13. The number of ether oxygens (including phenoxy) is 1. The Morgan fingerprint density at radius 3 is 3.06 bits per heavy atom. The van der Waals surface area contributed by atoms with E-state index in [9.17, 15) is 15.2 Å². The van der Waals surface area contributed by atoms with Gasteiger partial charge in [-0.15, -0.1) is 0 Å². The first-order chi connectivity index (χ1) is 8.54. The second kappa shape index (κ2) is 5.03. The van der Waals surface area contributed by atoms with Gasteiger partial charge in [0.05, 0.1) is 11.6 Å². The van der Waals surface area contributed by atoms with Crippen molar-refractivity contribution in [2.75, 3.05) is 13.2 Å². The normalized spacial score (nSPS) is 17.1. The SMILES string of the molecule is CCOc1cc(O)c(Cl)c2c1[B]OC2C[N+](=O)[O-]. The van der Waals surface area contributed by atoms with Gasteiger partial charge in [-0.05, 0) is 12.4 Å². The number of hydrogen-bond acceptors (Lipinski definition) is 5. The molecule has 1 N–H and O–H groups in total. The second-order valence-corrected chi connectivity index (χ2v) is 4.10. The molecular weight excluding hydrogens is 260 g/mol. The van der Waals surface area contributed by atoms with Crippen LogP contribution in [-0.4, -0.2) is 30.7 Å². The van der Waals surface area contributed by atoms with E-state index in [-0.39, 0.29) is 10.8 Å². The summed E-state index contributed by atoms with van der Waals surface area (Å²) in [4.78, 5) is 10.1. The van der Waals surface area contributed by atoms with Crippen molar-refractivity contribution in [3.63, 3.8) is 0 Å². The number of phenolic OH excluding ortho intramolecular Hbond substituents is 1. The molecule has 0 saturated heterocycles. The van der Waals surface area contributed by atoms with E-state index in [2.05, 4.69) is 0 Å². The van der Waals surface area contributed by atoms with Crippen LogP contribution in [0.2, 0.25) is 5.02 Å². The molecule has 1 aromatic rings. The highest BCUT2D eigenvalue weighted by atomic mass is 35.5. The van der Waals surface area contributed by atoms with Crippen molar-refractivity contribution < 1.29 is 19.4 Å². The lowest BCUT2D eigenvalue weighted by atomic mass is 9.85. The van der Waals surface area contributed by atoms with Gasteiger partial charge in [-0.25, -0.2) is 0 Å². The zero-order valence-corrected chi connectivity index (χ0v) is 10.3. The van der Waals surface area contributed by atoms with Crippen LogP contribution in [0, 0.1) is 10.1 Å². The Labute approximate surface area is 109 Å². The molecule has 1 aromatic carbocycles. The first-order valence-electron chi connectivity index (χ1n) is 5.33. The predicted octanol–water partition coefficient (Wildman–Crippen LogP) is 1.04. The second-order valence-electron chi connectivity index (χ2n) is 3.73. The molecule has 0 aliphatic carbocycles. The van der Waals surface area contributed by atoms with Gasteiger partial charge < -0.3 is 14.5 Å². The number of nitrogens with zero attached hydrogens (tertiary/aromatic N) is 1. The van der Waals surface area contributed by atoms with Gasteiger partial charge in [-0.1, -0.05) is 11.6 Å². The van der Waals surface area contributed by atoms with Crippen LogP contribution in [0.5, 0.6) is 11.5 Å². The number of nitro groups is 1. The summed E-state index contributed by atoms with van der Waals surface area (Å²) in [6.45, 7) is 1.78. The number of fused-ring (bicyclic) bond motifs is 1. The van der Waals surface area contributed by atoms with E-state index in [0.717, 1.165) is 0 Å². The van der Waals surface area contributed by atoms with E-state index in [1.165, 1.54) is 13.5 Å². The number of phenols is 1. The highest BCUT2D eigenvalue weighted by Crippen LogP contribution is 2.37. The van der Waals surface area contributed by atoms with E-state index >= 15 is 0 Å². The van der Waals surface area contributed by atoms with Crippen molar-refractivity contribution in [3.8, 4) is 11.5 Å². The zero-order valence-electron chi connectivity index (χ0n) is 9.55. The Kier molecular flexibility index (Phi) is 3.63. The highest BCUT2D eigenvalue weighted by molar-refractivity contribution is 6.52. The fraction of sp³-hybridized carbons (Fsp3) is 0.400. The van der Waals surface area contributed by atoms with Crippen LogP contribution in [0.25, 0.3) is 0 Å². The van der Waals surface area contributed by atoms with Gasteiger partial charge in [0, 0.05) is 16.6 Å². The van der Waals surface area contributed by atoms with Crippen molar-refractivity contribution in [2.24, 2.45) is 0 Å². The summed E-state index contributed by atoms with van der Waals surface area (Å²) in [6.07, 6.45) is -0.797. The largest absolute Gasteiger partial charge is 0.506 e. The van der Waals surface area contributed by atoms with E-state index in [1.807, 2.05) is 0 Å². The smallest absolute Gasteiger partial charge is 0.335 e. The van der Waals surface area contributed by atoms with Gasteiger partial charge in [-0.2, -0.15) is 0 Å². The molecule has 0 amide bonds. The van der Waals surface area contributed by atoms with E-state index in [1.54, 1.807) is 6.92 Å². The predicted molar refractivity (Wildman–Crippen MR) is 65.4 cm³/mol. The molecule has 1 aliphatic heterocycles. The van der Waals surface area contributed by atoms with Gasteiger partial charge in [0.2, 0.25) is 6.54 Å². The fourth-order valence-electron chi connectivity index (χ4n) is 1.85. The van der Waals surface area contributed by atoms with Crippen molar-refractivity contribution in [3.05, 3.63) is 26.8 Å². The third-order valence-corrected chi connectivity index (χ3v) is 2.97. The topological polar surface area (TPSA) is 81.8 Å². The number of halogens is 1. The maximum atomic E-state index is 10.5. The lowest BCUT2D eigenvalue weighted by molar-refractivity contribution is -0.489. The third-order valence-electron chi connectivity index (χ3n) is 2.57. The Hall–Kier alpha value is -1.47. The van der Waals surface area contributed by atoms with Crippen LogP contribution >= 0.6 is 11.6 Å². The van der Waals surface area contributed by atoms with E-state index in [4.69, 9.17) is 21.0 Å². The summed E-state index contributed by atoms with van der Waals surface area (Å²) in [5.74, 6) is 0.228. The van der Waals surface area contributed by atoms with Crippen molar-refractivity contribution >= 4 is 24.5 Å². The minimum Gasteiger partial charge on any atom is -0.506 e. The molecular formula is C10H10BClNO5. The van der Waals surface area contributed by atoms with E-state index in [0.29, 0.717) is 23.4 Å². The first kappa shape index (κ1) is 13.0. The highest BCUT2D eigenvalue weighted by Gasteiger charge is 2.34. The van der Waals surface area contributed by atoms with Crippen LogP contribution in [0.3, 0.4) is 0 Å². The molecule has 18 heavy (non-hydrogen) atoms. The van der Waals surface area contributed by atoms with Crippen LogP contribution < -0.4 is 10.2 Å². The summed E-state index contributed by atoms with van der Waals surface area (Å²) in [7, 11) is 1.37. The Bertz CT molecular complexity index is 496. The monoisotopic (exact) mass is 270 g/mol. The summed E-state index contributed by atoms with van der Waals surface area (Å²) < 4.78 is 10.6. The molecule has 1 radical (unpaired) electrons. The van der Waals surface area contributed by atoms with Gasteiger partial charge in [0.15, 0.2) is 0 Å². The average molecular weight is 270 g/mol. The molecule has 95 valence electrons. The molecule has 1 unspecified atom stereocenters. The van der Waals surface area contributed by atoms with Crippen LogP contribution in [0.15, 0.2) is 6.07 Å². The molecule has 0 saturated carbocycles. The number of rotatable bonds is 4. The molecule has 0 fully saturated rings. The zero-order chi connectivity index (χ0) is 13.3. The number of benzene rings is 1. The average Bonchev–Trinajstić information content (AvgIpc) is 2.69. The summed E-state index contributed by atoms with van der Waals surface area (Å²) in [6, 6.07) is 1.37. The molecule has 0 aromatic heterocycles. The molecule has 8 heteroatoms. The van der Waals surface area contributed by atoms with Crippen LogP contribution in [0.1, 0.15) is 18.6 Å². The quantitative estimate of drug-likeness (QED) is 0.502. The van der Waals surface area contributed by atoms with Gasteiger partial charge in [-0.3, -0.25) is 10.1 Å². The van der Waals surface area contributed by atoms with E-state index < -0.39 is 17.6 Å². The van der Waals surface area contributed by atoms with Gasteiger partial charge in [0.1, 0.15) is 17.6 Å². The maximum Gasteiger partial charge on any atom is 0.335 e. The van der Waals surface area contributed by atoms with Crippen molar-refractivity contribution in [1.29, 1.82) is 0 Å². The Balaban J connectivity index is 2.46. The number of aromatic hydroxyl groups is 1. The van der Waals surface area contributed by atoms with Crippen LogP contribution in [0.4, 0.5) is 0 Å². The molecule has 1 atom stereocenters. The minimum absolute atomic E-state index is 0.0639. The molecule has 2 rings (SSSR count). The Morgan fingerprint density at radius 1 is 1.72 bits per heavy atom. The minimum atomic E-state index is -0.797. The van der Waals surface area contributed by atoms with Gasteiger partial charge >= 0.3 is 7.48 Å². The standard InChI is InChI=1S/C10H10BClNO5/c1-2-17-6-3-5(14)10(12)8-7(4-13(15)16)18-11-9(6)8/h3,7,14H,2,4H2,1H3.